The molecule has 0 saturated heterocycles. The summed E-state index contributed by atoms with van der Waals surface area (Å²) >= 11 is 0. The highest BCUT2D eigenvalue weighted by molar-refractivity contribution is 5.86. The minimum atomic E-state index is -1.01. The van der Waals surface area contributed by atoms with Crippen molar-refractivity contribution in [2.75, 3.05) is 13.7 Å². The van der Waals surface area contributed by atoms with Crippen LogP contribution in [-0.2, 0) is 14.3 Å². The molecule has 2 aliphatic rings. The number of ether oxygens (including phenoxy) is 1. The van der Waals surface area contributed by atoms with E-state index in [4.69, 9.17) is 4.74 Å². The van der Waals surface area contributed by atoms with E-state index in [-0.39, 0.29) is 36.8 Å². The lowest BCUT2D eigenvalue weighted by molar-refractivity contribution is -0.140. The van der Waals surface area contributed by atoms with Gasteiger partial charge in [0.25, 0.3) is 0 Å². The second-order valence-corrected chi connectivity index (χ2v) is 9.91. The van der Waals surface area contributed by atoms with Gasteiger partial charge in [-0.3, -0.25) is 9.59 Å². The second-order valence-electron chi connectivity index (χ2n) is 9.91. The number of rotatable bonds is 8. The topological polar surface area (TPSA) is 95.9 Å². The SMILES string of the molecule is CN(C(=O)C(CCC(=O)O)NC(=O)OCC1c2ccccc2-c2ccccc21)C1(C)CCCCC1. The lowest BCUT2D eigenvalue weighted by atomic mass is 9.82. The molecule has 2 aliphatic carbocycles. The number of alkyl carbamates (subject to hydrolysis) is 1. The van der Waals surface area contributed by atoms with Crippen LogP contribution in [0, 0.1) is 0 Å². The zero-order valence-corrected chi connectivity index (χ0v) is 20.5. The number of nitrogens with one attached hydrogen (secondary N) is 1. The highest BCUT2D eigenvalue weighted by atomic mass is 16.5. The number of hydrogen-bond acceptors (Lipinski definition) is 4. The molecule has 186 valence electrons. The fourth-order valence-corrected chi connectivity index (χ4v) is 5.46. The van der Waals surface area contributed by atoms with E-state index < -0.39 is 18.1 Å². The smallest absolute Gasteiger partial charge is 0.407 e. The molecule has 1 fully saturated rings. The predicted octanol–water partition coefficient (Wildman–Crippen LogP) is 4.94. The Kier molecular flexibility index (Phi) is 7.43. The van der Waals surface area contributed by atoms with Gasteiger partial charge in [-0.2, -0.15) is 0 Å². The van der Waals surface area contributed by atoms with Crippen LogP contribution < -0.4 is 5.32 Å². The highest BCUT2D eigenvalue weighted by Crippen LogP contribution is 2.44. The summed E-state index contributed by atoms with van der Waals surface area (Å²) < 4.78 is 5.61. The number of amides is 2. The van der Waals surface area contributed by atoms with Crippen molar-refractivity contribution in [3.63, 3.8) is 0 Å². The number of nitrogens with zero attached hydrogens (tertiary/aromatic N) is 1. The van der Waals surface area contributed by atoms with Gasteiger partial charge in [0.15, 0.2) is 0 Å². The van der Waals surface area contributed by atoms with Crippen LogP contribution in [0.25, 0.3) is 11.1 Å². The Morgan fingerprint density at radius 2 is 1.60 bits per heavy atom. The monoisotopic (exact) mass is 478 g/mol. The molecule has 7 nitrogen and oxygen atoms in total. The van der Waals surface area contributed by atoms with E-state index in [1.807, 2.05) is 36.4 Å². The average molecular weight is 479 g/mol. The van der Waals surface area contributed by atoms with Crippen molar-refractivity contribution in [1.82, 2.24) is 10.2 Å². The molecular weight excluding hydrogens is 444 g/mol. The molecule has 1 unspecified atom stereocenters. The molecule has 2 aromatic rings. The van der Waals surface area contributed by atoms with Crippen LogP contribution >= 0.6 is 0 Å². The number of carbonyl (C=O) groups is 3. The zero-order chi connectivity index (χ0) is 25.0. The van der Waals surface area contributed by atoms with Gasteiger partial charge >= 0.3 is 12.1 Å². The van der Waals surface area contributed by atoms with Gasteiger partial charge in [0.2, 0.25) is 5.91 Å². The molecule has 0 spiro atoms. The molecule has 1 saturated carbocycles. The van der Waals surface area contributed by atoms with Gasteiger partial charge in [-0.05, 0) is 48.4 Å². The number of fused-ring (bicyclic) bond motifs is 3. The van der Waals surface area contributed by atoms with E-state index in [9.17, 15) is 19.5 Å². The third-order valence-corrected chi connectivity index (χ3v) is 7.65. The normalized spacial score (nSPS) is 17.1. The van der Waals surface area contributed by atoms with E-state index in [0.29, 0.717) is 0 Å². The van der Waals surface area contributed by atoms with Crippen molar-refractivity contribution in [2.24, 2.45) is 0 Å². The summed E-state index contributed by atoms with van der Waals surface area (Å²) in [5.41, 5.74) is 4.18. The largest absolute Gasteiger partial charge is 0.481 e. The van der Waals surface area contributed by atoms with Crippen LogP contribution in [-0.4, -0.2) is 53.2 Å². The molecule has 0 bridgehead atoms. The third kappa shape index (κ3) is 5.34. The molecule has 0 heterocycles. The van der Waals surface area contributed by atoms with Crippen molar-refractivity contribution in [3.05, 3.63) is 59.7 Å². The molecule has 1 atom stereocenters. The van der Waals surface area contributed by atoms with Crippen molar-refractivity contribution in [1.29, 1.82) is 0 Å². The Balaban J connectivity index is 1.44. The first-order valence-corrected chi connectivity index (χ1v) is 12.4. The summed E-state index contributed by atoms with van der Waals surface area (Å²) in [5.74, 6) is -1.38. The number of likely N-dealkylation sites (N-methyl/N-ethyl adjacent to an activating group) is 1. The fourth-order valence-electron chi connectivity index (χ4n) is 5.46. The van der Waals surface area contributed by atoms with E-state index >= 15 is 0 Å². The molecular formula is C28H34N2O5. The van der Waals surface area contributed by atoms with Gasteiger partial charge in [0, 0.05) is 24.9 Å². The summed E-state index contributed by atoms with van der Waals surface area (Å²) in [5, 5.41) is 11.8. The van der Waals surface area contributed by atoms with Gasteiger partial charge in [-0.15, -0.1) is 0 Å². The van der Waals surface area contributed by atoms with Crippen LogP contribution in [0.15, 0.2) is 48.5 Å². The third-order valence-electron chi connectivity index (χ3n) is 7.65. The van der Waals surface area contributed by atoms with Gasteiger partial charge in [-0.1, -0.05) is 67.8 Å². The zero-order valence-electron chi connectivity index (χ0n) is 20.5. The Bertz CT molecular complexity index is 1050. The van der Waals surface area contributed by atoms with Crippen LogP contribution in [0.5, 0.6) is 0 Å². The van der Waals surface area contributed by atoms with Crippen LogP contribution in [0.2, 0.25) is 0 Å². The summed E-state index contributed by atoms with van der Waals surface area (Å²) in [6.07, 6.45) is 4.12. The molecule has 2 N–H and O–H groups in total. The maximum absolute atomic E-state index is 13.3. The Hall–Kier alpha value is -3.35. The highest BCUT2D eigenvalue weighted by Gasteiger charge is 2.37. The first-order valence-electron chi connectivity index (χ1n) is 12.4. The fraction of sp³-hybridized carbons (Fsp3) is 0.464. The molecule has 2 amide bonds. The minimum absolute atomic E-state index is 0.0127. The Morgan fingerprint density at radius 1 is 1.03 bits per heavy atom. The predicted molar refractivity (Wildman–Crippen MR) is 133 cm³/mol. The van der Waals surface area contributed by atoms with Crippen molar-refractivity contribution in [2.45, 2.75) is 69.4 Å². The van der Waals surface area contributed by atoms with E-state index in [1.54, 1.807) is 11.9 Å². The summed E-state index contributed by atoms with van der Waals surface area (Å²) in [6.45, 7) is 2.19. The quantitative estimate of drug-likeness (QED) is 0.560. The molecule has 7 heteroatoms. The van der Waals surface area contributed by atoms with E-state index in [1.165, 1.54) is 0 Å². The summed E-state index contributed by atoms with van der Waals surface area (Å²) in [7, 11) is 1.75. The Morgan fingerprint density at radius 3 is 2.17 bits per heavy atom. The van der Waals surface area contributed by atoms with Crippen molar-refractivity contribution in [3.8, 4) is 11.1 Å². The van der Waals surface area contributed by atoms with E-state index in [2.05, 4.69) is 24.4 Å². The van der Waals surface area contributed by atoms with Crippen LogP contribution in [0.1, 0.15) is 68.9 Å². The number of hydrogen-bond donors (Lipinski definition) is 2. The van der Waals surface area contributed by atoms with Gasteiger partial charge in [0.05, 0.1) is 0 Å². The first-order chi connectivity index (χ1) is 16.8. The van der Waals surface area contributed by atoms with Gasteiger partial charge < -0.3 is 20.1 Å². The summed E-state index contributed by atoms with van der Waals surface area (Å²) in [4.78, 5) is 39.1. The molecule has 0 aromatic heterocycles. The lowest BCUT2D eigenvalue weighted by Crippen LogP contribution is -2.55. The molecule has 35 heavy (non-hydrogen) atoms. The van der Waals surface area contributed by atoms with Crippen molar-refractivity contribution >= 4 is 18.0 Å². The van der Waals surface area contributed by atoms with Crippen LogP contribution in [0.3, 0.4) is 0 Å². The maximum atomic E-state index is 13.3. The number of carboxylic acid groups (broad SMARTS) is 1. The maximum Gasteiger partial charge on any atom is 0.407 e. The standard InChI is InChI=1S/C28H34N2O5/c1-28(16-8-3-9-17-28)30(2)26(33)24(14-15-25(31)32)29-27(34)35-18-23-21-12-6-4-10-19(21)20-11-5-7-13-22(20)23/h4-7,10-13,23-24H,3,8-9,14-18H2,1-2H3,(H,29,34)(H,31,32). The van der Waals surface area contributed by atoms with Gasteiger partial charge in [-0.25, -0.2) is 4.79 Å². The number of carboxylic acids is 1. The Labute approximate surface area is 206 Å². The van der Waals surface area contributed by atoms with Crippen molar-refractivity contribution < 1.29 is 24.2 Å². The van der Waals surface area contributed by atoms with Gasteiger partial charge in [0.1, 0.15) is 12.6 Å². The summed E-state index contributed by atoms with van der Waals surface area (Å²) in [6, 6.07) is 15.2. The van der Waals surface area contributed by atoms with Crippen LogP contribution in [0.4, 0.5) is 4.79 Å². The van der Waals surface area contributed by atoms with E-state index in [0.717, 1.165) is 54.4 Å². The number of benzene rings is 2. The second kappa shape index (κ2) is 10.5. The first kappa shape index (κ1) is 24.8. The number of aliphatic carboxylic acids is 1. The lowest BCUT2D eigenvalue weighted by Gasteiger charge is -2.43. The number of carbonyl (C=O) groups excluding carboxylic acids is 2. The average Bonchev–Trinajstić information content (AvgIpc) is 3.18. The molecule has 2 aromatic carbocycles. The molecule has 0 radical (unpaired) electrons. The molecule has 0 aliphatic heterocycles. The minimum Gasteiger partial charge on any atom is -0.481 e. The molecule has 4 rings (SSSR count).